The van der Waals surface area contributed by atoms with Gasteiger partial charge in [0.1, 0.15) is 0 Å². The maximum Gasteiger partial charge on any atom is 0.344 e. The standard InChI is InChI=1S/C21H22ClNO5/c1-4-5-15-7-9-18(19(10-15)26-3)27-13-21(25)28-12-20(24)23-17-11-16(22)8-6-14(17)2/h4,6-11H,1,5,12-13H2,2-3H3,(H,23,24). The van der Waals surface area contributed by atoms with Crippen LogP contribution in [0.5, 0.6) is 11.5 Å². The summed E-state index contributed by atoms with van der Waals surface area (Å²) in [4.78, 5) is 23.8. The van der Waals surface area contributed by atoms with Crippen LogP contribution in [0.4, 0.5) is 5.69 Å². The smallest absolute Gasteiger partial charge is 0.344 e. The number of hydrogen-bond donors (Lipinski definition) is 1. The molecule has 1 N–H and O–H groups in total. The van der Waals surface area contributed by atoms with E-state index in [9.17, 15) is 9.59 Å². The Bertz CT molecular complexity index is 866. The summed E-state index contributed by atoms with van der Waals surface area (Å²) < 4.78 is 15.6. The van der Waals surface area contributed by atoms with Crippen LogP contribution in [0.2, 0.25) is 5.02 Å². The van der Waals surface area contributed by atoms with E-state index in [1.807, 2.05) is 19.1 Å². The lowest BCUT2D eigenvalue weighted by molar-refractivity contribution is -0.149. The summed E-state index contributed by atoms with van der Waals surface area (Å²) in [6.45, 7) is 4.75. The van der Waals surface area contributed by atoms with Gasteiger partial charge in [0.15, 0.2) is 24.7 Å². The molecule has 0 aliphatic rings. The van der Waals surface area contributed by atoms with Crippen molar-refractivity contribution >= 4 is 29.2 Å². The summed E-state index contributed by atoms with van der Waals surface area (Å²) in [6.07, 6.45) is 2.47. The minimum absolute atomic E-state index is 0.347. The first-order chi connectivity index (χ1) is 13.4. The normalized spacial score (nSPS) is 10.1. The molecule has 0 radical (unpaired) electrons. The SMILES string of the molecule is C=CCc1ccc(OCC(=O)OCC(=O)Nc2cc(Cl)ccc2C)c(OC)c1. The second-order valence-electron chi connectivity index (χ2n) is 5.93. The quantitative estimate of drug-likeness (QED) is 0.507. The van der Waals surface area contributed by atoms with E-state index in [1.165, 1.54) is 7.11 Å². The van der Waals surface area contributed by atoms with E-state index >= 15 is 0 Å². The molecule has 2 aromatic rings. The van der Waals surface area contributed by atoms with Crippen LogP contribution in [0.25, 0.3) is 0 Å². The zero-order valence-corrected chi connectivity index (χ0v) is 16.5. The van der Waals surface area contributed by atoms with Gasteiger partial charge in [0.05, 0.1) is 7.11 Å². The number of hydrogen-bond acceptors (Lipinski definition) is 5. The van der Waals surface area contributed by atoms with Crippen molar-refractivity contribution in [2.75, 3.05) is 25.6 Å². The summed E-state index contributed by atoms with van der Waals surface area (Å²) in [5, 5.41) is 3.15. The van der Waals surface area contributed by atoms with Crippen molar-refractivity contribution in [1.29, 1.82) is 0 Å². The molecule has 0 unspecified atom stereocenters. The van der Waals surface area contributed by atoms with Crippen LogP contribution in [0, 0.1) is 6.92 Å². The van der Waals surface area contributed by atoms with E-state index < -0.39 is 18.5 Å². The monoisotopic (exact) mass is 403 g/mol. The minimum atomic E-state index is -0.671. The highest BCUT2D eigenvalue weighted by Crippen LogP contribution is 2.28. The number of nitrogens with one attached hydrogen (secondary N) is 1. The van der Waals surface area contributed by atoms with Crippen molar-refractivity contribution in [2.45, 2.75) is 13.3 Å². The summed E-state index contributed by atoms with van der Waals surface area (Å²) in [7, 11) is 1.51. The Morgan fingerprint density at radius 1 is 1.14 bits per heavy atom. The maximum atomic E-state index is 12.0. The Hall–Kier alpha value is -2.99. The van der Waals surface area contributed by atoms with E-state index in [0.717, 1.165) is 11.1 Å². The van der Waals surface area contributed by atoms with Crippen LogP contribution in [-0.4, -0.2) is 32.2 Å². The molecular weight excluding hydrogens is 382 g/mol. The summed E-state index contributed by atoms with van der Waals surface area (Å²) in [5.74, 6) is -0.229. The van der Waals surface area contributed by atoms with E-state index in [2.05, 4.69) is 11.9 Å². The fraction of sp³-hybridized carbons (Fsp3) is 0.238. The molecule has 0 fully saturated rings. The number of carbonyl (C=O) groups is 2. The molecule has 7 heteroatoms. The molecule has 6 nitrogen and oxygen atoms in total. The zero-order valence-electron chi connectivity index (χ0n) is 15.8. The van der Waals surface area contributed by atoms with E-state index in [4.69, 9.17) is 25.8 Å². The first kappa shape index (κ1) is 21.3. The highest BCUT2D eigenvalue weighted by atomic mass is 35.5. The molecule has 1 amide bonds. The molecule has 0 heterocycles. The van der Waals surface area contributed by atoms with Gasteiger partial charge >= 0.3 is 5.97 Å². The van der Waals surface area contributed by atoms with Gasteiger partial charge in [-0.25, -0.2) is 4.79 Å². The number of halogens is 1. The molecular formula is C21H22ClNO5. The van der Waals surface area contributed by atoms with Crippen LogP contribution in [0.1, 0.15) is 11.1 Å². The predicted molar refractivity (Wildman–Crippen MR) is 108 cm³/mol. The Labute approximate surface area is 169 Å². The molecule has 0 bridgehead atoms. The van der Waals surface area contributed by atoms with Crippen molar-refractivity contribution < 1.29 is 23.8 Å². The molecule has 0 saturated carbocycles. The summed E-state index contributed by atoms with van der Waals surface area (Å²) in [5.41, 5.74) is 2.42. The number of amides is 1. The van der Waals surface area contributed by atoms with Crippen molar-refractivity contribution in [1.82, 2.24) is 0 Å². The third-order valence-electron chi connectivity index (χ3n) is 3.79. The molecule has 0 saturated heterocycles. The highest BCUT2D eigenvalue weighted by molar-refractivity contribution is 6.31. The zero-order chi connectivity index (χ0) is 20.5. The van der Waals surface area contributed by atoms with E-state index in [1.54, 1.807) is 30.3 Å². The molecule has 2 rings (SSSR count). The van der Waals surface area contributed by atoms with Gasteiger partial charge in [-0.1, -0.05) is 29.8 Å². The number of anilines is 1. The number of rotatable bonds is 9. The van der Waals surface area contributed by atoms with Gasteiger partial charge in [-0.3, -0.25) is 4.79 Å². The molecule has 0 aliphatic carbocycles. The fourth-order valence-corrected chi connectivity index (χ4v) is 2.54. The molecule has 2 aromatic carbocycles. The van der Waals surface area contributed by atoms with Crippen LogP contribution >= 0.6 is 11.6 Å². The number of benzene rings is 2. The number of esters is 1. The Morgan fingerprint density at radius 3 is 2.64 bits per heavy atom. The molecule has 0 aliphatic heterocycles. The van der Waals surface area contributed by atoms with Gasteiger partial charge in [0, 0.05) is 10.7 Å². The van der Waals surface area contributed by atoms with Gasteiger partial charge in [-0.15, -0.1) is 6.58 Å². The van der Waals surface area contributed by atoms with Gasteiger partial charge in [-0.05, 0) is 48.7 Å². The van der Waals surface area contributed by atoms with Gasteiger partial charge < -0.3 is 19.5 Å². The molecule has 0 atom stereocenters. The van der Waals surface area contributed by atoms with Gasteiger partial charge in [0.2, 0.25) is 0 Å². The van der Waals surface area contributed by atoms with Crippen molar-refractivity contribution in [3.63, 3.8) is 0 Å². The topological polar surface area (TPSA) is 73.9 Å². The number of methoxy groups -OCH3 is 1. The minimum Gasteiger partial charge on any atom is -0.493 e. The van der Waals surface area contributed by atoms with E-state index in [0.29, 0.717) is 28.6 Å². The van der Waals surface area contributed by atoms with Crippen molar-refractivity contribution in [3.8, 4) is 11.5 Å². The molecule has 28 heavy (non-hydrogen) atoms. The van der Waals surface area contributed by atoms with Crippen LogP contribution in [0.3, 0.4) is 0 Å². The molecule has 0 aromatic heterocycles. The van der Waals surface area contributed by atoms with Crippen molar-refractivity contribution in [3.05, 3.63) is 65.2 Å². The number of carbonyl (C=O) groups excluding carboxylic acids is 2. The van der Waals surface area contributed by atoms with Crippen LogP contribution in [0.15, 0.2) is 49.1 Å². The lowest BCUT2D eigenvalue weighted by atomic mass is 10.1. The first-order valence-corrected chi connectivity index (χ1v) is 8.93. The van der Waals surface area contributed by atoms with Crippen LogP contribution in [-0.2, 0) is 20.7 Å². The largest absolute Gasteiger partial charge is 0.493 e. The summed E-state index contributed by atoms with van der Waals surface area (Å²) in [6, 6.07) is 10.5. The second-order valence-corrected chi connectivity index (χ2v) is 6.37. The lowest BCUT2D eigenvalue weighted by Crippen LogP contribution is -2.24. The third-order valence-corrected chi connectivity index (χ3v) is 4.03. The number of ether oxygens (including phenoxy) is 3. The van der Waals surface area contributed by atoms with Crippen LogP contribution < -0.4 is 14.8 Å². The first-order valence-electron chi connectivity index (χ1n) is 8.55. The van der Waals surface area contributed by atoms with Gasteiger partial charge in [0.25, 0.3) is 5.91 Å². The predicted octanol–water partition coefficient (Wildman–Crippen LogP) is 3.95. The lowest BCUT2D eigenvalue weighted by Gasteiger charge is -2.12. The molecule has 0 spiro atoms. The average molecular weight is 404 g/mol. The third kappa shape index (κ3) is 6.32. The Balaban J connectivity index is 1.83. The summed E-state index contributed by atoms with van der Waals surface area (Å²) >= 11 is 5.91. The number of aryl methyl sites for hydroxylation is 1. The Morgan fingerprint density at radius 2 is 1.93 bits per heavy atom. The highest BCUT2D eigenvalue weighted by Gasteiger charge is 2.12. The van der Waals surface area contributed by atoms with Crippen molar-refractivity contribution in [2.24, 2.45) is 0 Å². The fourth-order valence-electron chi connectivity index (χ4n) is 2.36. The second kappa shape index (κ2) is 10.4. The molecule has 148 valence electrons. The average Bonchev–Trinajstić information content (AvgIpc) is 2.68. The maximum absolute atomic E-state index is 12.0. The number of allylic oxidation sites excluding steroid dienone is 1. The van der Waals surface area contributed by atoms with Gasteiger partial charge in [-0.2, -0.15) is 0 Å². The van der Waals surface area contributed by atoms with E-state index in [-0.39, 0.29) is 6.61 Å². The Kier molecular flexibility index (Phi) is 7.89.